The van der Waals surface area contributed by atoms with Crippen LogP contribution in [0.25, 0.3) is 10.2 Å². The van der Waals surface area contributed by atoms with Crippen LogP contribution in [0.5, 0.6) is 5.75 Å². The number of nitro benzene ring substituents is 1. The number of rotatable bonds is 7. The Morgan fingerprint density at radius 1 is 1.16 bits per heavy atom. The Kier molecular flexibility index (Phi) is 6.09. The van der Waals surface area contributed by atoms with Crippen molar-refractivity contribution in [3.05, 3.63) is 87.7 Å². The van der Waals surface area contributed by atoms with Gasteiger partial charge in [0.05, 0.1) is 29.7 Å². The maximum absolute atomic E-state index is 13.4. The Bertz CT molecular complexity index is 1270. The molecule has 0 N–H and O–H groups in total. The van der Waals surface area contributed by atoms with Crippen molar-refractivity contribution < 1.29 is 14.5 Å². The Morgan fingerprint density at radius 3 is 2.59 bits per heavy atom. The number of nitrogens with zero attached hydrogens (tertiary/aromatic N) is 4. The van der Waals surface area contributed by atoms with Crippen LogP contribution >= 0.6 is 11.3 Å². The average molecular weight is 449 g/mol. The number of carbonyl (C=O) groups excluding carboxylic acids is 1. The number of aryl methyl sites for hydroxylation is 1. The van der Waals surface area contributed by atoms with E-state index in [2.05, 4.69) is 4.98 Å². The standard InChI is InChI=1S/C23H20N4O4S/c1-15-5-10-19(31-2)21-22(15)32-23(25-21)26(14-17-4-3-11-24-13-17)20(28)12-16-6-8-18(9-7-16)27(29)30/h3-11,13H,12,14H2,1-2H3. The second-order valence-electron chi connectivity index (χ2n) is 7.20. The molecule has 1 amide bonds. The van der Waals surface area contributed by atoms with Gasteiger partial charge in [0, 0.05) is 24.5 Å². The van der Waals surface area contributed by atoms with Gasteiger partial charge in [0.2, 0.25) is 5.91 Å². The molecule has 32 heavy (non-hydrogen) atoms. The molecule has 0 saturated carbocycles. The molecule has 0 unspecified atom stereocenters. The van der Waals surface area contributed by atoms with Crippen molar-refractivity contribution in [2.45, 2.75) is 19.9 Å². The van der Waals surface area contributed by atoms with Crippen LogP contribution in [0.4, 0.5) is 10.8 Å². The lowest BCUT2D eigenvalue weighted by Gasteiger charge is -2.20. The van der Waals surface area contributed by atoms with Gasteiger partial charge in [-0.1, -0.05) is 35.6 Å². The van der Waals surface area contributed by atoms with E-state index in [1.165, 1.54) is 23.5 Å². The van der Waals surface area contributed by atoms with Crippen molar-refractivity contribution in [2.24, 2.45) is 0 Å². The molecule has 0 fully saturated rings. The fourth-order valence-corrected chi connectivity index (χ4v) is 4.39. The fourth-order valence-electron chi connectivity index (χ4n) is 3.32. The predicted molar refractivity (Wildman–Crippen MR) is 123 cm³/mol. The van der Waals surface area contributed by atoms with E-state index in [1.807, 2.05) is 31.2 Å². The number of anilines is 1. The minimum absolute atomic E-state index is 0.0119. The maximum Gasteiger partial charge on any atom is 0.269 e. The van der Waals surface area contributed by atoms with E-state index in [1.54, 1.807) is 36.5 Å². The number of ether oxygens (including phenoxy) is 1. The quantitative estimate of drug-likeness (QED) is 0.300. The molecule has 8 nitrogen and oxygen atoms in total. The minimum Gasteiger partial charge on any atom is -0.494 e. The molecule has 4 rings (SSSR count). The molecule has 0 aliphatic rings. The largest absolute Gasteiger partial charge is 0.494 e. The molecule has 0 radical (unpaired) electrons. The van der Waals surface area contributed by atoms with Crippen molar-refractivity contribution in [3.8, 4) is 5.75 Å². The molecule has 0 aliphatic heterocycles. The lowest BCUT2D eigenvalue weighted by atomic mass is 10.1. The third kappa shape index (κ3) is 4.42. The van der Waals surface area contributed by atoms with Crippen molar-refractivity contribution >= 4 is 38.3 Å². The first-order chi connectivity index (χ1) is 15.5. The van der Waals surface area contributed by atoms with Gasteiger partial charge in [0.15, 0.2) is 5.13 Å². The summed E-state index contributed by atoms with van der Waals surface area (Å²) >= 11 is 1.43. The summed E-state index contributed by atoms with van der Waals surface area (Å²) in [7, 11) is 1.59. The number of hydrogen-bond donors (Lipinski definition) is 0. The highest BCUT2D eigenvalue weighted by molar-refractivity contribution is 7.22. The Morgan fingerprint density at radius 2 is 1.94 bits per heavy atom. The number of benzene rings is 2. The number of thiazole rings is 1. The SMILES string of the molecule is COc1ccc(C)c2sc(N(Cc3cccnc3)C(=O)Cc3ccc([N+](=O)[O-])cc3)nc12. The van der Waals surface area contributed by atoms with E-state index in [-0.39, 0.29) is 18.0 Å². The van der Waals surface area contributed by atoms with Crippen molar-refractivity contribution in [1.29, 1.82) is 0 Å². The van der Waals surface area contributed by atoms with Gasteiger partial charge in [-0.2, -0.15) is 0 Å². The Labute approximate surface area is 188 Å². The zero-order valence-electron chi connectivity index (χ0n) is 17.5. The van der Waals surface area contributed by atoms with E-state index in [4.69, 9.17) is 9.72 Å². The van der Waals surface area contributed by atoms with Crippen LogP contribution in [0.2, 0.25) is 0 Å². The first-order valence-electron chi connectivity index (χ1n) is 9.83. The molecule has 2 aromatic heterocycles. The topological polar surface area (TPSA) is 98.5 Å². The molecule has 2 aromatic carbocycles. The number of methoxy groups -OCH3 is 1. The maximum atomic E-state index is 13.4. The van der Waals surface area contributed by atoms with Gasteiger partial charge in [-0.05, 0) is 35.7 Å². The second-order valence-corrected chi connectivity index (χ2v) is 8.18. The number of hydrogen-bond acceptors (Lipinski definition) is 7. The summed E-state index contributed by atoms with van der Waals surface area (Å²) in [4.78, 5) is 34.3. The number of carbonyl (C=O) groups is 1. The number of nitro groups is 1. The molecule has 0 atom stereocenters. The van der Waals surface area contributed by atoms with E-state index < -0.39 is 4.92 Å². The Hall–Kier alpha value is -3.85. The third-order valence-corrected chi connectivity index (χ3v) is 6.22. The molecule has 0 saturated heterocycles. The molecular weight excluding hydrogens is 428 g/mol. The van der Waals surface area contributed by atoms with E-state index >= 15 is 0 Å². The summed E-state index contributed by atoms with van der Waals surface area (Å²) in [5.41, 5.74) is 3.31. The molecule has 162 valence electrons. The summed E-state index contributed by atoms with van der Waals surface area (Å²) in [5.74, 6) is 0.482. The van der Waals surface area contributed by atoms with Crippen LogP contribution in [0, 0.1) is 17.0 Å². The highest BCUT2D eigenvalue weighted by Gasteiger charge is 2.22. The fraction of sp³-hybridized carbons (Fsp3) is 0.174. The molecular formula is C23H20N4O4S. The predicted octanol–water partition coefficient (Wildman–Crippen LogP) is 4.69. The normalized spacial score (nSPS) is 10.8. The van der Waals surface area contributed by atoms with E-state index in [9.17, 15) is 14.9 Å². The highest BCUT2D eigenvalue weighted by atomic mass is 32.1. The molecule has 0 bridgehead atoms. The zero-order valence-corrected chi connectivity index (χ0v) is 18.3. The molecule has 0 aliphatic carbocycles. The molecule has 2 heterocycles. The summed E-state index contributed by atoms with van der Waals surface area (Å²) < 4.78 is 6.41. The first kappa shape index (κ1) is 21.4. The second kappa shape index (κ2) is 9.11. The third-order valence-electron chi connectivity index (χ3n) is 5.01. The van der Waals surface area contributed by atoms with Crippen molar-refractivity contribution in [2.75, 3.05) is 12.0 Å². The van der Waals surface area contributed by atoms with Crippen LogP contribution in [0.3, 0.4) is 0 Å². The van der Waals surface area contributed by atoms with Gasteiger partial charge in [-0.3, -0.25) is 24.8 Å². The average Bonchev–Trinajstić information content (AvgIpc) is 3.25. The van der Waals surface area contributed by atoms with Gasteiger partial charge in [0.25, 0.3) is 5.69 Å². The zero-order chi connectivity index (χ0) is 22.7. The van der Waals surface area contributed by atoms with Crippen LogP contribution in [0.15, 0.2) is 60.9 Å². The number of non-ortho nitro benzene ring substituents is 1. The Balaban J connectivity index is 1.70. The number of pyridine rings is 1. The minimum atomic E-state index is -0.461. The van der Waals surface area contributed by atoms with Crippen molar-refractivity contribution in [3.63, 3.8) is 0 Å². The van der Waals surface area contributed by atoms with Crippen LogP contribution in [-0.4, -0.2) is 27.9 Å². The molecule has 4 aromatic rings. The van der Waals surface area contributed by atoms with Crippen LogP contribution < -0.4 is 9.64 Å². The van der Waals surface area contributed by atoms with E-state index in [0.29, 0.717) is 28.5 Å². The monoisotopic (exact) mass is 448 g/mol. The molecule has 0 spiro atoms. The van der Waals surface area contributed by atoms with Crippen LogP contribution in [0.1, 0.15) is 16.7 Å². The van der Waals surface area contributed by atoms with Gasteiger partial charge in [-0.15, -0.1) is 0 Å². The van der Waals surface area contributed by atoms with E-state index in [0.717, 1.165) is 15.8 Å². The first-order valence-corrected chi connectivity index (χ1v) is 10.6. The smallest absolute Gasteiger partial charge is 0.269 e. The number of amides is 1. The summed E-state index contributed by atoms with van der Waals surface area (Å²) in [6, 6.07) is 13.6. The summed E-state index contributed by atoms with van der Waals surface area (Å²) in [5, 5.41) is 11.5. The lowest BCUT2D eigenvalue weighted by Crippen LogP contribution is -2.31. The van der Waals surface area contributed by atoms with Gasteiger partial charge in [0.1, 0.15) is 11.3 Å². The number of fused-ring (bicyclic) bond motifs is 1. The van der Waals surface area contributed by atoms with Gasteiger partial charge < -0.3 is 4.74 Å². The molecule has 9 heteroatoms. The summed E-state index contributed by atoms with van der Waals surface area (Å²) in [6.07, 6.45) is 3.48. The summed E-state index contributed by atoms with van der Waals surface area (Å²) in [6.45, 7) is 2.30. The number of aromatic nitrogens is 2. The van der Waals surface area contributed by atoms with Gasteiger partial charge >= 0.3 is 0 Å². The lowest BCUT2D eigenvalue weighted by molar-refractivity contribution is -0.384. The van der Waals surface area contributed by atoms with Crippen LogP contribution in [-0.2, 0) is 17.8 Å². The van der Waals surface area contributed by atoms with Gasteiger partial charge in [-0.25, -0.2) is 4.98 Å². The van der Waals surface area contributed by atoms with Crippen molar-refractivity contribution in [1.82, 2.24) is 9.97 Å². The highest BCUT2D eigenvalue weighted by Crippen LogP contribution is 2.37.